The molecule has 0 spiro atoms. The van der Waals surface area contributed by atoms with Crippen LogP contribution in [-0.2, 0) is 24.9 Å². The molecule has 22 heavy (non-hydrogen) atoms. The molecule has 1 aromatic carbocycles. The van der Waals surface area contributed by atoms with Crippen LogP contribution in [0.2, 0.25) is 0 Å². The molecule has 1 N–H and O–H groups in total. The largest absolute Gasteiger partial charge is 0.381 e. The fraction of sp³-hybridized carbons (Fsp3) is 0.625. The Morgan fingerprint density at radius 3 is 2.27 bits per heavy atom. The molecule has 0 unspecified atom stereocenters. The van der Waals surface area contributed by atoms with Gasteiger partial charge in [0.2, 0.25) is 0 Å². The normalized spacial score (nSPS) is 18.3. The van der Waals surface area contributed by atoms with Crippen LogP contribution >= 0.6 is 7.60 Å². The Kier molecular flexibility index (Phi) is 6.60. The molecule has 1 aromatic rings. The van der Waals surface area contributed by atoms with E-state index in [-0.39, 0.29) is 0 Å². The Hall–Kier alpha value is -0.710. The van der Waals surface area contributed by atoms with E-state index in [4.69, 9.17) is 13.8 Å². The van der Waals surface area contributed by atoms with Gasteiger partial charge in [0.05, 0.1) is 13.2 Å². The lowest BCUT2D eigenvalue weighted by Gasteiger charge is -2.42. The fourth-order valence-electron chi connectivity index (χ4n) is 2.74. The minimum Gasteiger partial charge on any atom is -0.381 e. The van der Waals surface area contributed by atoms with Crippen LogP contribution in [0.4, 0.5) is 0 Å². The van der Waals surface area contributed by atoms with E-state index in [1.807, 2.05) is 44.2 Å². The smallest absolute Gasteiger partial charge is 0.350 e. The Morgan fingerprint density at radius 1 is 1.14 bits per heavy atom. The summed E-state index contributed by atoms with van der Waals surface area (Å²) in [4.78, 5) is 0. The Balaban J connectivity index is 2.20. The van der Waals surface area contributed by atoms with Crippen molar-refractivity contribution in [3.8, 4) is 0 Å². The third-order valence-corrected chi connectivity index (χ3v) is 6.76. The number of nitrogens with one attached hydrogen (secondary N) is 1. The molecule has 6 heteroatoms. The van der Waals surface area contributed by atoms with E-state index in [9.17, 15) is 4.57 Å². The number of hydrogen-bond donors (Lipinski definition) is 1. The summed E-state index contributed by atoms with van der Waals surface area (Å²) in [5.74, 6) is 0. The van der Waals surface area contributed by atoms with Gasteiger partial charge in [0, 0.05) is 32.6 Å². The molecule has 0 atom stereocenters. The molecule has 0 aliphatic carbocycles. The van der Waals surface area contributed by atoms with Crippen molar-refractivity contribution >= 4 is 7.60 Å². The van der Waals surface area contributed by atoms with Gasteiger partial charge in [0.1, 0.15) is 5.28 Å². The van der Waals surface area contributed by atoms with Gasteiger partial charge in [-0.3, -0.25) is 9.88 Å². The first-order valence-electron chi connectivity index (χ1n) is 7.92. The average Bonchev–Trinajstić information content (AvgIpc) is 2.55. The van der Waals surface area contributed by atoms with Crippen LogP contribution in [0.3, 0.4) is 0 Å². The summed E-state index contributed by atoms with van der Waals surface area (Å²) in [6.07, 6.45) is 1.24. The van der Waals surface area contributed by atoms with Crippen molar-refractivity contribution in [2.75, 3.05) is 26.4 Å². The molecule has 0 saturated carbocycles. The molecule has 2 rings (SSSR count). The van der Waals surface area contributed by atoms with Gasteiger partial charge in [-0.2, -0.15) is 0 Å². The number of ether oxygens (including phenoxy) is 1. The average molecular weight is 327 g/mol. The molecule has 0 bridgehead atoms. The van der Waals surface area contributed by atoms with Gasteiger partial charge in [0.15, 0.2) is 0 Å². The fourth-order valence-corrected chi connectivity index (χ4v) is 4.99. The van der Waals surface area contributed by atoms with Crippen LogP contribution in [0, 0.1) is 0 Å². The molecule has 1 saturated heterocycles. The second kappa shape index (κ2) is 8.23. The summed E-state index contributed by atoms with van der Waals surface area (Å²) in [7, 11) is -3.25. The third kappa shape index (κ3) is 3.98. The maximum atomic E-state index is 13.3. The molecule has 0 amide bonds. The van der Waals surface area contributed by atoms with Crippen molar-refractivity contribution in [2.45, 2.75) is 38.5 Å². The van der Waals surface area contributed by atoms with E-state index in [1.54, 1.807) is 0 Å². The highest BCUT2D eigenvalue weighted by molar-refractivity contribution is 7.55. The van der Waals surface area contributed by atoms with E-state index in [0.29, 0.717) is 45.8 Å². The molecular formula is C16H26NO4P. The summed E-state index contributed by atoms with van der Waals surface area (Å²) in [6, 6.07) is 10.1. The molecule has 1 aliphatic heterocycles. The van der Waals surface area contributed by atoms with Gasteiger partial charge in [-0.05, 0) is 19.4 Å². The summed E-state index contributed by atoms with van der Waals surface area (Å²) < 4.78 is 30.0. The highest BCUT2D eigenvalue weighted by Gasteiger charge is 2.51. The maximum Gasteiger partial charge on any atom is 0.350 e. The summed E-state index contributed by atoms with van der Waals surface area (Å²) >= 11 is 0. The van der Waals surface area contributed by atoms with Crippen LogP contribution in [-0.4, -0.2) is 31.7 Å². The zero-order valence-electron chi connectivity index (χ0n) is 13.4. The zero-order valence-corrected chi connectivity index (χ0v) is 14.3. The first-order chi connectivity index (χ1) is 10.7. The molecule has 1 aliphatic rings. The van der Waals surface area contributed by atoms with Gasteiger partial charge >= 0.3 is 7.60 Å². The topological polar surface area (TPSA) is 56.8 Å². The maximum absolute atomic E-state index is 13.3. The predicted octanol–water partition coefficient (Wildman–Crippen LogP) is 3.55. The first kappa shape index (κ1) is 17.6. The Bertz CT molecular complexity index is 478. The Morgan fingerprint density at radius 2 is 1.73 bits per heavy atom. The van der Waals surface area contributed by atoms with Crippen molar-refractivity contribution in [1.29, 1.82) is 0 Å². The van der Waals surface area contributed by atoms with Crippen LogP contribution in [0.1, 0.15) is 32.3 Å². The lowest BCUT2D eigenvalue weighted by molar-refractivity contribution is 0.0490. The molecular weight excluding hydrogens is 301 g/mol. The standard InChI is InChI=1S/C16H26NO4P/c1-3-20-22(18,21-4-2)16(10-12-19-13-11-16)17-14-15-8-6-5-7-9-15/h5-9,17H,3-4,10-14H2,1-2H3. The minimum atomic E-state index is -3.25. The van der Waals surface area contributed by atoms with E-state index < -0.39 is 12.9 Å². The summed E-state index contributed by atoms with van der Waals surface area (Å²) in [5.41, 5.74) is 1.15. The van der Waals surface area contributed by atoms with Crippen molar-refractivity contribution in [3.05, 3.63) is 35.9 Å². The van der Waals surface area contributed by atoms with Crippen LogP contribution < -0.4 is 5.32 Å². The van der Waals surface area contributed by atoms with Crippen molar-refractivity contribution < 1.29 is 18.3 Å². The van der Waals surface area contributed by atoms with E-state index in [1.165, 1.54) is 0 Å². The zero-order chi connectivity index (χ0) is 15.9. The lowest BCUT2D eigenvalue weighted by atomic mass is 10.1. The number of benzene rings is 1. The molecule has 0 radical (unpaired) electrons. The summed E-state index contributed by atoms with van der Waals surface area (Å²) in [6.45, 7) is 6.18. The highest BCUT2D eigenvalue weighted by Crippen LogP contribution is 2.62. The molecule has 0 aromatic heterocycles. The van der Waals surface area contributed by atoms with E-state index >= 15 is 0 Å². The van der Waals surface area contributed by atoms with Gasteiger partial charge in [-0.25, -0.2) is 0 Å². The van der Waals surface area contributed by atoms with E-state index in [2.05, 4.69) is 5.32 Å². The van der Waals surface area contributed by atoms with Crippen molar-refractivity contribution in [1.82, 2.24) is 5.32 Å². The van der Waals surface area contributed by atoms with Crippen LogP contribution in [0.5, 0.6) is 0 Å². The van der Waals surface area contributed by atoms with Crippen molar-refractivity contribution in [2.24, 2.45) is 0 Å². The van der Waals surface area contributed by atoms with Gasteiger partial charge in [-0.1, -0.05) is 30.3 Å². The Labute approximate surface area is 132 Å². The monoisotopic (exact) mass is 327 g/mol. The van der Waals surface area contributed by atoms with Crippen LogP contribution in [0.25, 0.3) is 0 Å². The number of hydrogen-bond acceptors (Lipinski definition) is 5. The van der Waals surface area contributed by atoms with Gasteiger partial charge < -0.3 is 13.8 Å². The first-order valence-corrected chi connectivity index (χ1v) is 9.46. The lowest BCUT2D eigenvalue weighted by Crippen LogP contribution is -2.49. The van der Waals surface area contributed by atoms with E-state index in [0.717, 1.165) is 5.56 Å². The quantitative estimate of drug-likeness (QED) is 0.740. The molecule has 5 nitrogen and oxygen atoms in total. The van der Waals surface area contributed by atoms with Crippen LogP contribution in [0.15, 0.2) is 30.3 Å². The highest BCUT2D eigenvalue weighted by atomic mass is 31.2. The predicted molar refractivity (Wildman–Crippen MR) is 86.9 cm³/mol. The van der Waals surface area contributed by atoms with Crippen molar-refractivity contribution in [3.63, 3.8) is 0 Å². The third-order valence-electron chi connectivity index (χ3n) is 3.91. The molecule has 124 valence electrons. The second-order valence-electron chi connectivity index (χ2n) is 5.32. The second-order valence-corrected chi connectivity index (χ2v) is 7.68. The molecule has 1 heterocycles. The van der Waals surface area contributed by atoms with Gasteiger partial charge in [-0.15, -0.1) is 0 Å². The van der Waals surface area contributed by atoms with Gasteiger partial charge in [0.25, 0.3) is 0 Å². The molecule has 1 fully saturated rings. The number of rotatable bonds is 8. The minimum absolute atomic E-state index is 0.368. The SMILES string of the molecule is CCOP(=O)(OCC)C1(NCc2ccccc2)CCOCC1. The summed E-state index contributed by atoms with van der Waals surface area (Å²) in [5, 5.41) is 2.80.